The van der Waals surface area contributed by atoms with Crippen LogP contribution in [0.5, 0.6) is 0 Å². The van der Waals surface area contributed by atoms with Gasteiger partial charge in [-0.15, -0.1) is 0 Å². The smallest absolute Gasteiger partial charge is 0.312 e. The lowest BCUT2D eigenvalue weighted by atomic mass is 10.4. The molecule has 0 fully saturated rings. The standard InChI is InChI=1S/C8H6ClN5O2/c9-5-1-6(12-3-11-5)14-7(15)4-2-10-8(16)13-4/h1-3H,(H2,10,13,16)(H,11,12,14,15). The highest BCUT2D eigenvalue weighted by Crippen LogP contribution is 2.09. The molecule has 0 atom stereocenters. The normalized spacial score (nSPS) is 10.1. The molecule has 0 unspecified atom stereocenters. The molecule has 0 saturated heterocycles. The summed E-state index contributed by atoms with van der Waals surface area (Å²) in [6, 6.07) is 1.39. The van der Waals surface area contributed by atoms with Crippen molar-refractivity contribution in [2.24, 2.45) is 0 Å². The van der Waals surface area contributed by atoms with Crippen LogP contribution in [0.3, 0.4) is 0 Å². The Morgan fingerprint density at radius 1 is 1.44 bits per heavy atom. The molecule has 0 radical (unpaired) electrons. The molecule has 2 aromatic rings. The summed E-state index contributed by atoms with van der Waals surface area (Å²) in [5, 5.41) is 2.66. The van der Waals surface area contributed by atoms with Crippen molar-refractivity contribution in [3.8, 4) is 0 Å². The highest BCUT2D eigenvalue weighted by molar-refractivity contribution is 6.29. The molecule has 0 aromatic carbocycles. The number of nitrogens with zero attached hydrogens (tertiary/aromatic N) is 2. The first-order valence-electron chi connectivity index (χ1n) is 4.22. The Balaban J connectivity index is 2.16. The lowest BCUT2D eigenvalue weighted by Crippen LogP contribution is -2.14. The molecule has 0 aliphatic rings. The van der Waals surface area contributed by atoms with Crippen LogP contribution < -0.4 is 11.0 Å². The fraction of sp³-hybridized carbons (Fsp3) is 0. The molecule has 8 heteroatoms. The Kier molecular flexibility index (Phi) is 2.69. The molecule has 82 valence electrons. The van der Waals surface area contributed by atoms with Gasteiger partial charge < -0.3 is 15.3 Å². The fourth-order valence-electron chi connectivity index (χ4n) is 1.04. The summed E-state index contributed by atoms with van der Waals surface area (Å²) in [5.41, 5.74) is -0.342. The summed E-state index contributed by atoms with van der Waals surface area (Å²) in [6.45, 7) is 0. The first-order valence-corrected chi connectivity index (χ1v) is 4.59. The number of hydrogen-bond donors (Lipinski definition) is 3. The zero-order chi connectivity index (χ0) is 11.5. The van der Waals surface area contributed by atoms with Gasteiger partial charge in [-0.2, -0.15) is 0 Å². The van der Waals surface area contributed by atoms with Crippen LogP contribution in [0.25, 0.3) is 0 Å². The third-order valence-electron chi connectivity index (χ3n) is 1.72. The third kappa shape index (κ3) is 2.26. The molecular weight excluding hydrogens is 234 g/mol. The number of aromatic amines is 2. The minimum Gasteiger partial charge on any atom is -0.312 e. The number of H-pyrrole nitrogens is 2. The number of imidazole rings is 1. The van der Waals surface area contributed by atoms with Crippen LogP contribution in [0.1, 0.15) is 10.5 Å². The summed E-state index contributed by atoms with van der Waals surface area (Å²) in [4.78, 5) is 34.4. The molecule has 2 rings (SSSR count). The summed E-state index contributed by atoms with van der Waals surface area (Å²) in [6.07, 6.45) is 2.48. The lowest BCUT2D eigenvalue weighted by molar-refractivity contribution is 0.102. The first kappa shape index (κ1) is 10.4. The quantitative estimate of drug-likeness (QED) is 0.660. The van der Waals surface area contributed by atoms with Crippen LogP contribution in [0.15, 0.2) is 23.4 Å². The second kappa shape index (κ2) is 4.15. The minimum atomic E-state index is -0.492. The van der Waals surface area contributed by atoms with Crippen molar-refractivity contribution in [3.63, 3.8) is 0 Å². The topological polar surface area (TPSA) is 104 Å². The van der Waals surface area contributed by atoms with Gasteiger partial charge in [0, 0.05) is 12.3 Å². The van der Waals surface area contributed by atoms with E-state index in [1.54, 1.807) is 0 Å². The van der Waals surface area contributed by atoms with E-state index in [9.17, 15) is 9.59 Å². The van der Waals surface area contributed by atoms with Gasteiger partial charge in [-0.3, -0.25) is 4.79 Å². The van der Waals surface area contributed by atoms with Gasteiger partial charge in [-0.25, -0.2) is 14.8 Å². The number of hydrogen-bond acceptors (Lipinski definition) is 4. The van der Waals surface area contributed by atoms with Gasteiger partial charge in [0.15, 0.2) is 0 Å². The molecule has 2 heterocycles. The highest BCUT2D eigenvalue weighted by atomic mass is 35.5. The number of nitrogens with one attached hydrogen (secondary N) is 3. The predicted molar refractivity (Wildman–Crippen MR) is 56.4 cm³/mol. The van der Waals surface area contributed by atoms with Gasteiger partial charge in [-0.1, -0.05) is 11.6 Å². The molecule has 7 nitrogen and oxygen atoms in total. The van der Waals surface area contributed by atoms with Crippen LogP contribution in [-0.4, -0.2) is 25.8 Å². The van der Waals surface area contributed by atoms with E-state index in [0.717, 1.165) is 0 Å². The molecule has 2 aromatic heterocycles. The molecule has 0 spiro atoms. The van der Waals surface area contributed by atoms with Gasteiger partial charge in [-0.05, 0) is 0 Å². The van der Waals surface area contributed by atoms with Crippen molar-refractivity contribution in [2.75, 3.05) is 5.32 Å². The maximum atomic E-state index is 11.5. The Morgan fingerprint density at radius 3 is 2.88 bits per heavy atom. The maximum absolute atomic E-state index is 11.5. The SMILES string of the molecule is O=C(Nc1cc(Cl)ncn1)c1c[nH]c(=O)[nH]1. The van der Waals surface area contributed by atoms with Crippen molar-refractivity contribution >= 4 is 23.3 Å². The zero-order valence-electron chi connectivity index (χ0n) is 7.82. The Hall–Kier alpha value is -2.15. The third-order valence-corrected chi connectivity index (χ3v) is 1.92. The van der Waals surface area contributed by atoms with Crippen molar-refractivity contribution in [2.45, 2.75) is 0 Å². The van der Waals surface area contributed by atoms with Crippen molar-refractivity contribution < 1.29 is 4.79 Å². The van der Waals surface area contributed by atoms with Crippen LogP contribution in [0.4, 0.5) is 5.82 Å². The molecule has 0 aliphatic carbocycles. The molecular formula is C8H6ClN5O2. The van der Waals surface area contributed by atoms with Crippen LogP contribution >= 0.6 is 11.6 Å². The van der Waals surface area contributed by atoms with E-state index >= 15 is 0 Å². The largest absolute Gasteiger partial charge is 0.323 e. The number of carbonyl (C=O) groups is 1. The van der Waals surface area contributed by atoms with Crippen molar-refractivity contribution in [1.29, 1.82) is 0 Å². The molecule has 16 heavy (non-hydrogen) atoms. The van der Waals surface area contributed by atoms with Gasteiger partial charge in [0.1, 0.15) is 23.0 Å². The number of amides is 1. The summed E-state index contributed by atoms with van der Waals surface area (Å²) in [7, 11) is 0. The molecule has 0 bridgehead atoms. The van der Waals surface area contributed by atoms with Gasteiger partial charge in [0.25, 0.3) is 5.91 Å². The first-order chi connectivity index (χ1) is 7.65. The summed E-state index contributed by atoms with van der Waals surface area (Å²) >= 11 is 5.61. The number of aromatic nitrogens is 4. The Labute approximate surface area is 93.9 Å². The van der Waals surface area contributed by atoms with E-state index in [-0.39, 0.29) is 16.7 Å². The zero-order valence-corrected chi connectivity index (χ0v) is 8.58. The minimum absolute atomic E-state index is 0.111. The van der Waals surface area contributed by atoms with Gasteiger partial charge in [0.05, 0.1) is 0 Å². The number of carbonyl (C=O) groups excluding carboxylic acids is 1. The average molecular weight is 240 g/mol. The Morgan fingerprint density at radius 2 is 2.25 bits per heavy atom. The fourth-order valence-corrected chi connectivity index (χ4v) is 1.19. The predicted octanol–water partition coefficient (Wildman–Crippen LogP) is 0.399. The van der Waals surface area contributed by atoms with Gasteiger partial charge >= 0.3 is 5.69 Å². The summed E-state index contributed by atoms with van der Waals surface area (Å²) in [5.74, 6) is -0.236. The average Bonchev–Trinajstić information content (AvgIpc) is 2.65. The van der Waals surface area contributed by atoms with Gasteiger partial charge in [0.2, 0.25) is 0 Å². The van der Waals surface area contributed by atoms with E-state index in [4.69, 9.17) is 11.6 Å². The van der Waals surface area contributed by atoms with Crippen LogP contribution in [-0.2, 0) is 0 Å². The van der Waals surface area contributed by atoms with E-state index in [1.165, 1.54) is 18.6 Å². The molecule has 0 saturated carbocycles. The second-order valence-electron chi connectivity index (χ2n) is 2.84. The van der Waals surface area contributed by atoms with E-state index < -0.39 is 11.6 Å². The maximum Gasteiger partial charge on any atom is 0.323 e. The molecule has 0 aliphatic heterocycles. The van der Waals surface area contributed by atoms with Crippen LogP contribution in [0.2, 0.25) is 5.15 Å². The number of anilines is 1. The van der Waals surface area contributed by atoms with Crippen molar-refractivity contribution in [1.82, 2.24) is 19.9 Å². The second-order valence-corrected chi connectivity index (χ2v) is 3.22. The van der Waals surface area contributed by atoms with Crippen molar-refractivity contribution in [3.05, 3.63) is 39.9 Å². The number of halogens is 1. The van der Waals surface area contributed by atoms with E-state index in [1.807, 2.05) is 0 Å². The molecule has 3 N–H and O–H groups in total. The van der Waals surface area contributed by atoms with Crippen LogP contribution in [0, 0.1) is 0 Å². The lowest BCUT2D eigenvalue weighted by Gasteiger charge is -2.01. The highest BCUT2D eigenvalue weighted by Gasteiger charge is 2.08. The monoisotopic (exact) mass is 239 g/mol. The van der Waals surface area contributed by atoms with E-state index in [2.05, 4.69) is 25.3 Å². The van der Waals surface area contributed by atoms with E-state index in [0.29, 0.717) is 0 Å². The summed E-state index contributed by atoms with van der Waals surface area (Å²) < 4.78 is 0. The number of rotatable bonds is 2. The molecule has 1 amide bonds. The Bertz CT molecular complexity index is 576.